The van der Waals surface area contributed by atoms with Crippen LogP contribution in [0.2, 0.25) is 0 Å². The molecule has 0 saturated carbocycles. The number of aliphatic hydroxyl groups is 1. The van der Waals surface area contributed by atoms with Crippen molar-refractivity contribution in [2.24, 2.45) is 5.92 Å². The highest BCUT2D eigenvalue weighted by atomic mass is 19.4. The van der Waals surface area contributed by atoms with Crippen LogP contribution in [0.25, 0.3) is 0 Å². The van der Waals surface area contributed by atoms with Crippen LogP contribution >= 0.6 is 0 Å². The molecule has 1 amide bonds. The summed E-state index contributed by atoms with van der Waals surface area (Å²) in [4.78, 5) is 24.9. The fourth-order valence-electron chi connectivity index (χ4n) is 2.95. The Bertz CT molecular complexity index is 1020. The third-order valence-electron chi connectivity index (χ3n) is 4.66. The average Bonchev–Trinajstić information content (AvgIpc) is 2.78. The summed E-state index contributed by atoms with van der Waals surface area (Å²) in [6, 6.07) is 7.92. The normalized spacial score (nSPS) is 12.8. The number of nitrogens with zero attached hydrogens (tertiary/aromatic N) is 1. The second-order valence-electron chi connectivity index (χ2n) is 6.77. The number of anilines is 1. The minimum Gasteiger partial charge on any atom is -0.493 e. The SMILES string of the molecule is COc1cc(C(O)CC(=O)C(C#N)C(=O)Nc2ccc(C(F)(F)F)cc2)cc(OC)c1OC. The number of nitriles is 1. The monoisotopic (exact) mass is 466 g/mol. The first-order chi connectivity index (χ1) is 15.5. The summed E-state index contributed by atoms with van der Waals surface area (Å²) in [5.74, 6) is -2.97. The molecule has 0 saturated heterocycles. The molecule has 2 aromatic rings. The van der Waals surface area contributed by atoms with Gasteiger partial charge in [0, 0.05) is 12.1 Å². The molecule has 2 atom stereocenters. The molecule has 0 aliphatic carbocycles. The number of hydrogen-bond acceptors (Lipinski definition) is 7. The number of amides is 1. The topological polar surface area (TPSA) is 118 Å². The highest BCUT2D eigenvalue weighted by molar-refractivity contribution is 6.09. The molecule has 2 rings (SSSR count). The lowest BCUT2D eigenvalue weighted by Gasteiger charge is -2.17. The maximum Gasteiger partial charge on any atom is 0.416 e. The van der Waals surface area contributed by atoms with Gasteiger partial charge >= 0.3 is 6.18 Å². The molecule has 0 spiro atoms. The number of ether oxygens (including phenoxy) is 3. The fourth-order valence-corrected chi connectivity index (χ4v) is 2.95. The first-order valence-corrected chi connectivity index (χ1v) is 9.44. The summed E-state index contributed by atoms with van der Waals surface area (Å²) >= 11 is 0. The van der Waals surface area contributed by atoms with Crippen LogP contribution in [0.15, 0.2) is 36.4 Å². The van der Waals surface area contributed by atoms with Gasteiger partial charge < -0.3 is 24.6 Å². The Hall–Kier alpha value is -3.78. The maximum atomic E-state index is 12.6. The van der Waals surface area contributed by atoms with Gasteiger partial charge in [0.05, 0.1) is 39.1 Å². The van der Waals surface area contributed by atoms with Crippen LogP contribution in [0.3, 0.4) is 0 Å². The number of nitrogens with one attached hydrogen (secondary N) is 1. The van der Waals surface area contributed by atoms with Gasteiger partial charge in [0.25, 0.3) is 0 Å². The minimum atomic E-state index is -4.54. The molecule has 176 valence electrons. The van der Waals surface area contributed by atoms with Crippen molar-refractivity contribution < 1.29 is 42.1 Å². The second kappa shape index (κ2) is 10.7. The van der Waals surface area contributed by atoms with Gasteiger partial charge in [0.1, 0.15) is 0 Å². The zero-order chi connectivity index (χ0) is 24.8. The summed E-state index contributed by atoms with van der Waals surface area (Å²) in [6.45, 7) is 0. The summed E-state index contributed by atoms with van der Waals surface area (Å²) in [7, 11) is 4.14. The van der Waals surface area contributed by atoms with Gasteiger partial charge in [-0.15, -0.1) is 0 Å². The Kier molecular flexibility index (Phi) is 8.26. The third-order valence-corrected chi connectivity index (χ3v) is 4.66. The van der Waals surface area contributed by atoms with Crippen LogP contribution < -0.4 is 19.5 Å². The highest BCUT2D eigenvalue weighted by Gasteiger charge is 2.31. The number of carbonyl (C=O) groups is 2. The van der Waals surface area contributed by atoms with E-state index in [4.69, 9.17) is 14.2 Å². The molecule has 2 aromatic carbocycles. The number of benzene rings is 2. The number of aliphatic hydroxyl groups excluding tert-OH is 1. The van der Waals surface area contributed by atoms with Gasteiger partial charge in [0.2, 0.25) is 11.7 Å². The number of carbonyl (C=O) groups excluding carboxylic acids is 2. The van der Waals surface area contributed by atoms with Crippen molar-refractivity contribution in [3.8, 4) is 23.3 Å². The lowest BCUT2D eigenvalue weighted by molar-refractivity contribution is -0.137. The van der Waals surface area contributed by atoms with Crippen molar-refractivity contribution >= 4 is 17.4 Å². The molecule has 2 unspecified atom stereocenters. The van der Waals surface area contributed by atoms with Crippen LogP contribution in [-0.4, -0.2) is 38.1 Å². The van der Waals surface area contributed by atoms with E-state index in [2.05, 4.69) is 5.32 Å². The summed E-state index contributed by atoms with van der Waals surface area (Å²) < 4.78 is 53.5. The smallest absolute Gasteiger partial charge is 0.416 e. The highest BCUT2D eigenvalue weighted by Crippen LogP contribution is 2.40. The van der Waals surface area contributed by atoms with Crippen LogP contribution in [0.4, 0.5) is 18.9 Å². The molecular weight excluding hydrogens is 445 g/mol. The van der Waals surface area contributed by atoms with E-state index in [1.807, 2.05) is 0 Å². The molecule has 0 aromatic heterocycles. The second-order valence-corrected chi connectivity index (χ2v) is 6.77. The average molecular weight is 466 g/mol. The standard InChI is InChI=1S/C22H21F3N2O6/c1-31-18-8-12(9-19(32-2)20(18)33-3)16(28)10-17(29)15(11-26)21(30)27-14-6-4-13(5-7-14)22(23,24)25/h4-9,15-16,28H,10H2,1-3H3,(H,27,30). The molecular formula is C22H21F3N2O6. The van der Waals surface area contributed by atoms with E-state index >= 15 is 0 Å². The Labute approximate surface area is 187 Å². The van der Waals surface area contributed by atoms with Crippen molar-refractivity contribution in [3.05, 3.63) is 47.5 Å². The van der Waals surface area contributed by atoms with Crippen molar-refractivity contribution in [3.63, 3.8) is 0 Å². The van der Waals surface area contributed by atoms with E-state index < -0.39 is 41.9 Å². The van der Waals surface area contributed by atoms with Gasteiger partial charge in [-0.05, 0) is 42.0 Å². The number of alkyl halides is 3. The minimum absolute atomic E-state index is 0.0220. The summed E-state index contributed by atoms with van der Waals surface area (Å²) in [5.41, 5.74) is -0.717. The van der Waals surface area contributed by atoms with Crippen LogP contribution in [-0.2, 0) is 15.8 Å². The number of ketones is 1. The molecule has 0 aliphatic heterocycles. The first kappa shape index (κ1) is 25.5. The van der Waals surface area contributed by atoms with Crippen molar-refractivity contribution in [1.29, 1.82) is 5.26 Å². The van der Waals surface area contributed by atoms with Gasteiger partial charge in [-0.2, -0.15) is 18.4 Å². The zero-order valence-corrected chi connectivity index (χ0v) is 17.9. The number of halogens is 3. The molecule has 11 heteroatoms. The molecule has 0 aliphatic rings. The Morgan fingerprint density at radius 3 is 2.03 bits per heavy atom. The van der Waals surface area contributed by atoms with Crippen LogP contribution in [0.1, 0.15) is 23.7 Å². The Morgan fingerprint density at radius 2 is 1.61 bits per heavy atom. The van der Waals surface area contributed by atoms with E-state index in [1.165, 1.54) is 33.5 Å². The first-order valence-electron chi connectivity index (χ1n) is 9.44. The predicted octanol–water partition coefficient (Wildman–Crippen LogP) is 3.50. The summed E-state index contributed by atoms with van der Waals surface area (Å²) in [5, 5.41) is 22.0. The lowest BCUT2D eigenvalue weighted by atomic mass is 9.95. The molecule has 33 heavy (non-hydrogen) atoms. The van der Waals surface area contributed by atoms with E-state index in [9.17, 15) is 33.1 Å². The van der Waals surface area contributed by atoms with E-state index in [-0.39, 0.29) is 28.5 Å². The fraction of sp³-hybridized carbons (Fsp3) is 0.318. The molecule has 0 heterocycles. The maximum absolute atomic E-state index is 12.6. The molecule has 2 N–H and O–H groups in total. The third kappa shape index (κ3) is 6.14. The number of hydrogen-bond donors (Lipinski definition) is 2. The van der Waals surface area contributed by atoms with Crippen molar-refractivity contribution in [1.82, 2.24) is 0 Å². The van der Waals surface area contributed by atoms with E-state index in [0.29, 0.717) is 0 Å². The van der Waals surface area contributed by atoms with Crippen molar-refractivity contribution in [2.45, 2.75) is 18.7 Å². The lowest BCUT2D eigenvalue weighted by Crippen LogP contribution is -2.29. The van der Waals surface area contributed by atoms with Gasteiger partial charge in [-0.1, -0.05) is 0 Å². The Balaban J connectivity index is 2.14. The van der Waals surface area contributed by atoms with Crippen LogP contribution in [0.5, 0.6) is 17.2 Å². The largest absolute Gasteiger partial charge is 0.493 e. The molecule has 0 radical (unpaired) electrons. The summed E-state index contributed by atoms with van der Waals surface area (Å²) in [6.07, 6.45) is -6.53. The predicted molar refractivity (Wildman–Crippen MR) is 110 cm³/mol. The van der Waals surface area contributed by atoms with Gasteiger partial charge in [-0.25, -0.2) is 0 Å². The van der Waals surface area contributed by atoms with Gasteiger partial charge in [0.15, 0.2) is 23.2 Å². The number of methoxy groups -OCH3 is 3. The zero-order valence-electron chi connectivity index (χ0n) is 17.9. The van der Waals surface area contributed by atoms with E-state index in [0.717, 1.165) is 24.3 Å². The molecule has 0 fully saturated rings. The number of rotatable bonds is 9. The van der Waals surface area contributed by atoms with E-state index in [1.54, 1.807) is 6.07 Å². The Morgan fingerprint density at radius 1 is 1.06 bits per heavy atom. The van der Waals surface area contributed by atoms with Gasteiger partial charge in [-0.3, -0.25) is 9.59 Å². The van der Waals surface area contributed by atoms with Crippen molar-refractivity contribution in [2.75, 3.05) is 26.6 Å². The van der Waals surface area contributed by atoms with Crippen LogP contribution in [0, 0.1) is 17.2 Å². The molecule has 8 nitrogen and oxygen atoms in total. The number of Topliss-reactive ketones (excluding diaryl/α,β-unsaturated/α-hetero) is 1. The quantitative estimate of drug-likeness (QED) is 0.543. The molecule has 0 bridgehead atoms.